The van der Waals surface area contributed by atoms with Crippen molar-refractivity contribution < 1.29 is 9.21 Å². The molecule has 0 radical (unpaired) electrons. The van der Waals surface area contributed by atoms with Crippen molar-refractivity contribution in [2.45, 2.75) is 13.0 Å². The molecule has 1 amide bonds. The first-order chi connectivity index (χ1) is 14.2. The number of rotatable bonds is 6. The van der Waals surface area contributed by atoms with E-state index in [-0.39, 0.29) is 18.0 Å². The van der Waals surface area contributed by atoms with Gasteiger partial charge in [-0.25, -0.2) is 4.68 Å². The Balaban J connectivity index is 1.31. The molecule has 150 valence electrons. The predicted octanol–water partition coefficient (Wildman–Crippen LogP) is 1.89. The number of carbonyl (C=O) groups excluding carboxylic acids is 1. The smallest absolute Gasteiger partial charge is 0.267 e. The maximum Gasteiger partial charge on any atom is 0.267 e. The van der Waals surface area contributed by atoms with Crippen molar-refractivity contribution in [2.75, 3.05) is 32.7 Å². The van der Waals surface area contributed by atoms with Gasteiger partial charge in [-0.1, -0.05) is 30.3 Å². The Labute approximate surface area is 169 Å². The molecule has 1 fully saturated rings. The van der Waals surface area contributed by atoms with Crippen LogP contribution in [-0.2, 0) is 17.8 Å². The van der Waals surface area contributed by atoms with E-state index < -0.39 is 0 Å². The molecule has 4 rings (SSSR count). The Hall–Kier alpha value is -3.19. The highest BCUT2D eigenvalue weighted by Crippen LogP contribution is 2.15. The number of nitrogens with zero attached hydrogens (tertiary/aromatic N) is 4. The van der Waals surface area contributed by atoms with Crippen LogP contribution in [-0.4, -0.2) is 58.2 Å². The first-order valence-electron chi connectivity index (χ1n) is 9.85. The van der Waals surface area contributed by atoms with Crippen molar-refractivity contribution in [1.82, 2.24) is 19.6 Å². The summed E-state index contributed by atoms with van der Waals surface area (Å²) in [6.07, 6.45) is 2.56. The molecule has 0 N–H and O–H groups in total. The van der Waals surface area contributed by atoms with Gasteiger partial charge in [-0.15, -0.1) is 0 Å². The second-order valence-corrected chi connectivity index (χ2v) is 7.15. The van der Waals surface area contributed by atoms with Crippen LogP contribution in [0.15, 0.2) is 70.1 Å². The molecule has 0 aliphatic carbocycles. The number of hydrogen-bond donors (Lipinski definition) is 0. The van der Waals surface area contributed by atoms with Crippen molar-refractivity contribution in [3.8, 4) is 11.5 Å². The molecular weight excluding hydrogens is 368 g/mol. The Morgan fingerprint density at radius 2 is 1.76 bits per heavy atom. The molecule has 1 aliphatic heterocycles. The average Bonchev–Trinajstić information content (AvgIpc) is 3.30. The SMILES string of the molecule is O=C(Cn1nc(-c2ccco2)ccc1=O)N1CCN(CCc2ccccc2)CC1. The number of piperazine rings is 1. The number of furan rings is 1. The maximum absolute atomic E-state index is 12.7. The summed E-state index contributed by atoms with van der Waals surface area (Å²) in [6.45, 7) is 3.94. The predicted molar refractivity (Wildman–Crippen MR) is 109 cm³/mol. The van der Waals surface area contributed by atoms with Crippen molar-refractivity contribution in [3.63, 3.8) is 0 Å². The van der Waals surface area contributed by atoms with Crippen molar-refractivity contribution in [2.24, 2.45) is 0 Å². The van der Waals surface area contributed by atoms with Crippen LogP contribution in [0.5, 0.6) is 0 Å². The van der Waals surface area contributed by atoms with E-state index in [1.807, 2.05) is 11.0 Å². The van der Waals surface area contributed by atoms with Crippen LogP contribution in [0.4, 0.5) is 0 Å². The van der Waals surface area contributed by atoms with Gasteiger partial charge in [0.25, 0.3) is 5.56 Å². The molecule has 1 saturated heterocycles. The van der Waals surface area contributed by atoms with Gasteiger partial charge in [0.1, 0.15) is 12.2 Å². The van der Waals surface area contributed by atoms with E-state index in [2.05, 4.69) is 34.3 Å². The second-order valence-electron chi connectivity index (χ2n) is 7.15. The number of hydrogen-bond acceptors (Lipinski definition) is 5. The lowest BCUT2D eigenvalue weighted by molar-refractivity contribution is -0.133. The van der Waals surface area contributed by atoms with Gasteiger partial charge in [-0.3, -0.25) is 14.5 Å². The molecule has 3 heterocycles. The van der Waals surface area contributed by atoms with E-state index in [0.29, 0.717) is 24.5 Å². The normalized spacial score (nSPS) is 14.8. The third-order valence-electron chi connectivity index (χ3n) is 5.21. The molecule has 29 heavy (non-hydrogen) atoms. The number of carbonyl (C=O) groups is 1. The fraction of sp³-hybridized carbons (Fsp3) is 0.318. The van der Waals surface area contributed by atoms with E-state index in [0.717, 1.165) is 26.1 Å². The highest BCUT2D eigenvalue weighted by molar-refractivity contribution is 5.76. The van der Waals surface area contributed by atoms with Crippen LogP contribution in [0.2, 0.25) is 0 Å². The average molecular weight is 392 g/mol. The fourth-order valence-electron chi connectivity index (χ4n) is 3.50. The molecular formula is C22H24N4O3. The van der Waals surface area contributed by atoms with Gasteiger partial charge in [-0.2, -0.15) is 5.10 Å². The number of aromatic nitrogens is 2. The Kier molecular flexibility index (Phi) is 5.86. The summed E-state index contributed by atoms with van der Waals surface area (Å²) in [5.74, 6) is 0.483. The third-order valence-corrected chi connectivity index (χ3v) is 5.21. The minimum Gasteiger partial charge on any atom is -0.463 e. The van der Waals surface area contributed by atoms with Crippen molar-refractivity contribution >= 4 is 5.91 Å². The molecule has 0 saturated carbocycles. The zero-order valence-corrected chi connectivity index (χ0v) is 16.2. The van der Waals surface area contributed by atoms with Gasteiger partial charge in [0.05, 0.1) is 6.26 Å². The lowest BCUT2D eigenvalue weighted by Gasteiger charge is -2.34. The summed E-state index contributed by atoms with van der Waals surface area (Å²) in [6, 6.07) is 17.0. The van der Waals surface area contributed by atoms with E-state index >= 15 is 0 Å². The maximum atomic E-state index is 12.7. The molecule has 7 nitrogen and oxygen atoms in total. The van der Waals surface area contributed by atoms with Gasteiger partial charge in [-0.05, 0) is 30.2 Å². The monoisotopic (exact) mass is 392 g/mol. The van der Waals surface area contributed by atoms with Crippen LogP contribution in [0, 0.1) is 0 Å². The molecule has 0 spiro atoms. The van der Waals surface area contributed by atoms with Crippen LogP contribution in [0.1, 0.15) is 5.56 Å². The lowest BCUT2D eigenvalue weighted by atomic mass is 10.1. The zero-order valence-electron chi connectivity index (χ0n) is 16.2. The summed E-state index contributed by atoms with van der Waals surface area (Å²) < 4.78 is 6.53. The molecule has 1 aromatic carbocycles. The summed E-state index contributed by atoms with van der Waals surface area (Å²) in [5.41, 5.74) is 1.57. The Bertz CT molecular complexity index is 990. The van der Waals surface area contributed by atoms with Crippen molar-refractivity contribution in [3.05, 3.63) is 76.8 Å². The van der Waals surface area contributed by atoms with E-state index in [1.165, 1.54) is 16.3 Å². The number of amides is 1. The molecule has 0 unspecified atom stereocenters. The first kappa shape index (κ1) is 19.1. The van der Waals surface area contributed by atoms with Gasteiger partial charge >= 0.3 is 0 Å². The highest BCUT2D eigenvalue weighted by atomic mass is 16.3. The minimum absolute atomic E-state index is 0.0581. The highest BCUT2D eigenvalue weighted by Gasteiger charge is 2.21. The molecule has 3 aromatic rings. The summed E-state index contributed by atoms with van der Waals surface area (Å²) in [5, 5.41) is 4.28. The van der Waals surface area contributed by atoms with Crippen LogP contribution in [0.25, 0.3) is 11.5 Å². The van der Waals surface area contributed by atoms with Gasteiger partial charge < -0.3 is 9.32 Å². The molecule has 0 bridgehead atoms. The molecule has 7 heteroatoms. The van der Waals surface area contributed by atoms with Gasteiger partial charge in [0.15, 0.2) is 5.76 Å². The van der Waals surface area contributed by atoms with Crippen LogP contribution in [0.3, 0.4) is 0 Å². The molecule has 1 aliphatic rings. The lowest BCUT2D eigenvalue weighted by Crippen LogP contribution is -2.50. The van der Waals surface area contributed by atoms with Crippen molar-refractivity contribution in [1.29, 1.82) is 0 Å². The standard InChI is InChI=1S/C22H24N4O3/c27-21-9-8-19(20-7-4-16-29-20)23-26(21)17-22(28)25-14-12-24(13-15-25)11-10-18-5-2-1-3-6-18/h1-9,16H,10-15,17H2. The third kappa shape index (κ3) is 4.81. The number of benzene rings is 1. The van der Waals surface area contributed by atoms with E-state index in [4.69, 9.17) is 4.42 Å². The van der Waals surface area contributed by atoms with Crippen LogP contribution < -0.4 is 5.56 Å². The minimum atomic E-state index is -0.296. The topological polar surface area (TPSA) is 71.6 Å². The van der Waals surface area contributed by atoms with Gasteiger partial charge in [0.2, 0.25) is 5.91 Å². The summed E-state index contributed by atoms with van der Waals surface area (Å²) in [4.78, 5) is 29.0. The summed E-state index contributed by atoms with van der Waals surface area (Å²) in [7, 11) is 0. The largest absolute Gasteiger partial charge is 0.463 e. The quantitative estimate of drug-likeness (QED) is 0.641. The van der Waals surface area contributed by atoms with Crippen LogP contribution >= 0.6 is 0 Å². The van der Waals surface area contributed by atoms with E-state index in [1.54, 1.807) is 24.5 Å². The Morgan fingerprint density at radius 1 is 0.966 bits per heavy atom. The molecule has 0 atom stereocenters. The zero-order chi connectivity index (χ0) is 20.1. The Morgan fingerprint density at radius 3 is 2.48 bits per heavy atom. The second kappa shape index (κ2) is 8.87. The first-order valence-corrected chi connectivity index (χ1v) is 9.85. The summed E-state index contributed by atoms with van der Waals surface area (Å²) >= 11 is 0. The van der Waals surface area contributed by atoms with E-state index in [9.17, 15) is 9.59 Å². The molecule has 2 aromatic heterocycles. The van der Waals surface area contributed by atoms with Gasteiger partial charge in [0, 0.05) is 38.8 Å². The fourth-order valence-corrected chi connectivity index (χ4v) is 3.50.